The van der Waals surface area contributed by atoms with E-state index >= 15 is 0 Å². The molecule has 0 aromatic heterocycles. The molecular formula is C15H24N2O3. The quantitative estimate of drug-likeness (QED) is 0.556. The number of nitrogens with one attached hydrogen (secondary N) is 1. The van der Waals surface area contributed by atoms with Crippen molar-refractivity contribution in [2.24, 2.45) is 0 Å². The minimum atomic E-state index is -0.597. The average molecular weight is 280 g/mol. The Kier molecular flexibility index (Phi) is 6.48. The van der Waals surface area contributed by atoms with Crippen molar-refractivity contribution in [3.63, 3.8) is 0 Å². The number of carbonyl (C=O) groups excluding carboxylic acids is 1. The molecule has 0 fully saturated rings. The fraction of sp³-hybridized carbons (Fsp3) is 0.533. The first-order chi connectivity index (χ1) is 9.48. The van der Waals surface area contributed by atoms with Gasteiger partial charge in [-0.25, -0.2) is 0 Å². The van der Waals surface area contributed by atoms with E-state index in [0.29, 0.717) is 32.1 Å². The summed E-state index contributed by atoms with van der Waals surface area (Å²) in [4.78, 5) is 12.2. The lowest BCUT2D eigenvalue weighted by Gasteiger charge is -2.24. The van der Waals surface area contributed by atoms with E-state index in [2.05, 4.69) is 5.32 Å². The maximum atomic E-state index is 12.2. The first kappa shape index (κ1) is 16.5. The van der Waals surface area contributed by atoms with Crippen LogP contribution in [-0.2, 0) is 19.7 Å². The molecular weight excluding hydrogens is 256 g/mol. The van der Waals surface area contributed by atoms with Gasteiger partial charge in [0.2, 0.25) is 5.91 Å². The number of nitrogens with two attached hydrogens (primary N) is 1. The second-order valence-electron chi connectivity index (χ2n) is 5.11. The third-order valence-corrected chi connectivity index (χ3v) is 3.16. The van der Waals surface area contributed by atoms with Crippen molar-refractivity contribution in [2.45, 2.75) is 19.3 Å². The SMILES string of the molecule is COCCOCCNC(=O)C(C)(C)c1ccc(N)cc1. The van der Waals surface area contributed by atoms with Crippen LogP contribution in [0.15, 0.2) is 24.3 Å². The summed E-state index contributed by atoms with van der Waals surface area (Å²) in [5.74, 6) is -0.0300. The molecule has 1 amide bonds. The van der Waals surface area contributed by atoms with E-state index in [1.54, 1.807) is 19.2 Å². The standard InChI is InChI=1S/C15H24N2O3/c1-15(2,12-4-6-13(16)7-5-12)14(18)17-8-9-20-11-10-19-3/h4-7H,8-11,16H2,1-3H3,(H,17,18). The van der Waals surface area contributed by atoms with Crippen LogP contribution in [0.2, 0.25) is 0 Å². The lowest BCUT2D eigenvalue weighted by molar-refractivity contribution is -0.125. The van der Waals surface area contributed by atoms with Crippen LogP contribution in [0, 0.1) is 0 Å². The Balaban J connectivity index is 2.43. The Morgan fingerprint density at radius 1 is 1.20 bits per heavy atom. The van der Waals surface area contributed by atoms with Crippen LogP contribution >= 0.6 is 0 Å². The summed E-state index contributed by atoms with van der Waals surface area (Å²) in [5.41, 5.74) is 6.69. The molecule has 3 N–H and O–H groups in total. The second kappa shape index (κ2) is 7.87. The van der Waals surface area contributed by atoms with E-state index in [1.807, 2.05) is 26.0 Å². The summed E-state index contributed by atoms with van der Waals surface area (Å²) in [6.45, 7) is 5.84. The third-order valence-electron chi connectivity index (χ3n) is 3.16. The van der Waals surface area contributed by atoms with Crippen LogP contribution < -0.4 is 11.1 Å². The zero-order valence-corrected chi connectivity index (χ0v) is 12.4. The number of hydrogen-bond donors (Lipinski definition) is 2. The van der Waals surface area contributed by atoms with Crippen LogP contribution in [-0.4, -0.2) is 39.4 Å². The van der Waals surface area contributed by atoms with Gasteiger partial charge in [0.05, 0.1) is 25.2 Å². The molecule has 1 aromatic carbocycles. The van der Waals surface area contributed by atoms with E-state index in [1.165, 1.54) is 0 Å². The monoisotopic (exact) mass is 280 g/mol. The lowest BCUT2D eigenvalue weighted by Crippen LogP contribution is -2.41. The van der Waals surface area contributed by atoms with E-state index in [0.717, 1.165) is 5.56 Å². The molecule has 20 heavy (non-hydrogen) atoms. The zero-order chi connectivity index (χ0) is 15.0. The number of benzene rings is 1. The summed E-state index contributed by atoms with van der Waals surface area (Å²) in [5, 5.41) is 2.88. The van der Waals surface area contributed by atoms with Gasteiger partial charge in [0, 0.05) is 19.3 Å². The summed E-state index contributed by atoms with van der Waals surface area (Å²) in [6.07, 6.45) is 0. The third kappa shape index (κ3) is 4.83. The molecule has 0 radical (unpaired) electrons. The van der Waals surface area contributed by atoms with Gasteiger partial charge < -0.3 is 20.5 Å². The van der Waals surface area contributed by atoms with E-state index < -0.39 is 5.41 Å². The molecule has 0 bridgehead atoms. The van der Waals surface area contributed by atoms with Gasteiger partial charge in [-0.15, -0.1) is 0 Å². The molecule has 5 nitrogen and oxygen atoms in total. The Labute approximate surface area is 120 Å². The number of anilines is 1. The molecule has 0 heterocycles. The minimum absolute atomic E-state index is 0.0300. The number of methoxy groups -OCH3 is 1. The van der Waals surface area contributed by atoms with Gasteiger partial charge in [-0.2, -0.15) is 0 Å². The van der Waals surface area contributed by atoms with Gasteiger partial charge in [0.1, 0.15) is 0 Å². The summed E-state index contributed by atoms with van der Waals surface area (Å²) in [7, 11) is 1.63. The molecule has 0 saturated heterocycles. The molecule has 1 aromatic rings. The maximum absolute atomic E-state index is 12.2. The number of amides is 1. The van der Waals surface area contributed by atoms with Crippen molar-refractivity contribution in [1.82, 2.24) is 5.32 Å². The van der Waals surface area contributed by atoms with Gasteiger partial charge >= 0.3 is 0 Å². The summed E-state index contributed by atoms with van der Waals surface area (Å²) < 4.78 is 10.2. The Morgan fingerprint density at radius 3 is 2.45 bits per heavy atom. The van der Waals surface area contributed by atoms with Crippen molar-refractivity contribution >= 4 is 11.6 Å². The summed E-state index contributed by atoms with van der Waals surface area (Å²) >= 11 is 0. The van der Waals surface area contributed by atoms with Crippen LogP contribution in [0.3, 0.4) is 0 Å². The molecule has 0 atom stereocenters. The lowest BCUT2D eigenvalue weighted by atomic mass is 9.83. The first-order valence-electron chi connectivity index (χ1n) is 6.69. The highest BCUT2D eigenvalue weighted by Gasteiger charge is 2.29. The van der Waals surface area contributed by atoms with E-state index in [9.17, 15) is 4.79 Å². The largest absolute Gasteiger partial charge is 0.399 e. The number of carbonyl (C=O) groups is 1. The van der Waals surface area contributed by atoms with Crippen molar-refractivity contribution in [3.05, 3.63) is 29.8 Å². The molecule has 0 spiro atoms. The summed E-state index contributed by atoms with van der Waals surface area (Å²) in [6, 6.07) is 7.37. The van der Waals surface area contributed by atoms with Crippen molar-refractivity contribution in [3.8, 4) is 0 Å². The normalized spacial score (nSPS) is 11.3. The molecule has 0 unspecified atom stereocenters. The van der Waals surface area contributed by atoms with Crippen LogP contribution in [0.25, 0.3) is 0 Å². The van der Waals surface area contributed by atoms with Crippen molar-refractivity contribution in [2.75, 3.05) is 39.2 Å². The molecule has 0 aliphatic heterocycles. The minimum Gasteiger partial charge on any atom is -0.399 e. The number of rotatable bonds is 8. The molecule has 0 aliphatic carbocycles. The Morgan fingerprint density at radius 2 is 1.85 bits per heavy atom. The topological polar surface area (TPSA) is 73.6 Å². The van der Waals surface area contributed by atoms with Gasteiger partial charge in [0.25, 0.3) is 0 Å². The predicted molar refractivity (Wildman–Crippen MR) is 79.6 cm³/mol. The number of nitrogen functional groups attached to an aromatic ring is 1. The van der Waals surface area contributed by atoms with Gasteiger partial charge in [-0.1, -0.05) is 12.1 Å². The van der Waals surface area contributed by atoms with Crippen LogP contribution in [0.4, 0.5) is 5.69 Å². The molecule has 5 heteroatoms. The van der Waals surface area contributed by atoms with Gasteiger partial charge in [-0.05, 0) is 31.5 Å². The average Bonchev–Trinajstić information content (AvgIpc) is 2.43. The highest BCUT2D eigenvalue weighted by molar-refractivity contribution is 5.87. The van der Waals surface area contributed by atoms with Crippen molar-refractivity contribution in [1.29, 1.82) is 0 Å². The maximum Gasteiger partial charge on any atom is 0.230 e. The smallest absolute Gasteiger partial charge is 0.230 e. The fourth-order valence-electron chi connectivity index (χ4n) is 1.73. The molecule has 112 valence electrons. The van der Waals surface area contributed by atoms with E-state index in [-0.39, 0.29) is 5.91 Å². The van der Waals surface area contributed by atoms with Gasteiger partial charge in [-0.3, -0.25) is 4.79 Å². The van der Waals surface area contributed by atoms with Crippen LogP contribution in [0.5, 0.6) is 0 Å². The second-order valence-corrected chi connectivity index (χ2v) is 5.11. The van der Waals surface area contributed by atoms with Crippen LogP contribution in [0.1, 0.15) is 19.4 Å². The molecule has 0 saturated carbocycles. The number of ether oxygens (including phenoxy) is 2. The molecule has 0 aliphatic rings. The van der Waals surface area contributed by atoms with E-state index in [4.69, 9.17) is 15.2 Å². The Hall–Kier alpha value is -1.59. The first-order valence-corrected chi connectivity index (χ1v) is 6.69. The van der Waals surface area contributed by atoms with Gasteiger partial charge in [0.15, 0.2) is 0 Å². The highest BCUT2D eigenvalue weighted by atomic mass is 16.5. The van der Waals surface area contributed by atoms with Crippen molar-refractivity contribution < 1.29 is 14.3 Å². The number of hydrogen-bond acceptors (Lipinski definition) is 4. The fourth-order valence-corrected chi connectivity index (χ4v) is 1.73. The Bertz CT molecular complexity index is 416. The zero-order valence-electron chi connectivity index (χ0n) is 12.4. The molecule has 1 rings (SSSR count). The predicted octanol–water partition coefficient (Wildman–Crippen LogP) is 1.33. The highest BCUT2D eigenvalue weighted by Crippen LogP contribution is 2.24.